The summed E-state index contributed by atoms with van der Waals surface area (Å²) >= 11 is 0. The van der Waals surface area contributed by atoms with Gasteiger partial charge in [0.05, 0.1) is 13.3 Å². The molecule has 0 bridgehead atoms. The van der Waals surface area contributed by atoms with Gasteiger partial charge in [-0.2, -0.15) is 0 Å². The molecule has 0 radical (unpaired) electrons. The quantitative estimate of drug-likeness (QED) is 0.825. The molecular formula is C12H18N2O. The third kappa shape index (κ3) is 2.29. The van der Waals surface area contributed by atoms with E-state index in [4.69, 9.17) is 10.5 Å². The number of hydrogen-bond donors (Lipinski definition) is 1. The second-order valence-corrected chi connectivity index (χ2v) is 4.23. The van der Waals surface area contributed by atoms with Crippen LogP contribution < -0.4 is 10.5 Å². The van der Waals surface area contributed by atoms with Crippen molar-refractivity contribution in [2.24, 2.45) is 11.7 Å². The van der Waals surface area contributed by atoms with Gasteiger partial charge in [-0.3, -0.25) is 4.98 Å². The van der Waals surface area contributed by atoms with Crippen LogP contribution in [-0.2, 0) is 0 Å². The number of nitrogens with zero attached hydrogens (tertiary/aromatic N) is 1. The van der Waals surface area contributed by atoms with Crippen LogP contribution in [0.1, 0.15) is 37.3 Å². The van der Waals surface area contributed by atoms with Crippen LogP contribution in [0.3, 0.4) is 0 Å². The topological polar surface area (TPSA) is 48.1 Å². The molecule has 0 saturated heterocycles. The van der Waals surface area contributed by atoms with Crippen molar-refractivity contribution in [3.05, 3.63) is 24.0 Å². The smallest absolute Gasteiger partial charge is 0.137 e. The molecule has 2 N–H and O–H groups in total. The van der Waals surface area contributed by atoms with E-state index in [-0.39, 0.29) is 6.04 Å². The van der Waals surface area contributed by atoms with Crippen molar-refractivity contribution >= 4 is 0 Å². The van der Waals surface area contributed by atoms with Gasteiger partial charge in [0, 0.05) is 12.2 Å². The van der Waals surface area contributed by atoms with Crippen LogP contribution in [0.25, 0.3) is 0 Å². The molecule has 3 nitrogen and oxygen atoms in total. The van der Waals surface area contributed by atoms with Gasteiger partial charge in [0.2, 0.25) is 0 Å². The van der Waals surface area contributed by atoms with Crippen LogP contribution in [0.5, 0.6) is 5.75 Å². The average molecular weight is 206 g/mol. The zero-order chi connectivity index (χ0) is 10.7. The largest absolute Gasteiger partial charge is 0.495 e. The Kier molecular flexibility index (Phi) is 3.21. The standard InChI is InChI=1S/C12H18N2O/c1-15-11-6-10(7-14-8-11)12(13)9-4-2-3-5-9/h6-9,12H,2-5,13H2,1H3. The molecule has 1 aliphatic rings. The molecular weight excluding hydrogens is 188 g/mol. The first-order valence-corrected chi connectivity index (χ1v) is 5.56. The number of methoxy groups -OCH3 is 1. The summed E-state index contributed by atoms with van der Waals surface area (Å²) in [6.45, 7) is 0. The van der Waals surface area contributed by atoms with Gasteiger partial charge >= 0.3 is 0 Å². The Morgan fingerprint density at radius 3 is 2.80 bits per heavy atom. The lowest BCUT2D eigenvalue weighted by Crippen LogP contribution is -2.19. The van der Waals surface area contributed by atoms with Crippen molar-refractivity contribution in [2.45, 2.75) is 31.7 Å². The highest BCUT2D eigenvalue weighted by atomic mass is 16.5. The third-order valence-electron chi connectivity index (χ3n) is 3.26. The first-order chi connectivity index (χ1) is 7.31. The van der Waals surface area contributed by atoms with Crippen LogP contribution in [0, 0.1) is 5.92 Å². The molecule has 1 aromatic heterocycles. The maximum Gasteiger partial charge on any atom is 0.137 e. The summed E-state index contributed by atoms with van der Waals surface area (Å²) in [5.74, 6) is 1.42. The molecule has 1 fully saturated rings. The van der Waals surface area contributed by atoms with Gasteiger partial charge < -0.3 is 10.5 Å². The number of pyridine rings is 1. The minimum Gasteiger partial charge on any atom is -0.495 e. The van der Waals surface area contributed by atoms with E-state index in [1.807, 2.05) is 12.3 Å². The fourth-order valence-corrected chi connectivity index (χ4v) is 2.32. The maximum atomic E-state index is 6.23. The number of rotatable bonds is 3. The molecule has 1 unspecified atom stereocenters. The molecule has 1 heterocycles. The van der Waals surface area contributed by atoms with Crippen LogP contribution in [-0.4, -0.2) is 12.1 Å². The van der Waals surface area contributed by atoms with Gasteiger partial charge in [-0.05, 0) is 30.4 Å². The Balaban J connectivity index is 2.13. The number of ether oxygens (including phenoxy) is 1. The fraction of sp³-hybridized carbons (Fsp3) is 0.583. The summed E-state index contributed by atoms with van der Waals surface area (Å²) in [6, 6.07) is 2.12. The van der Waals surface area contributed by atoms with Gasteiger partial charge in [0.25, 0.3) is 0 Å². The molecule has 1 atom stereocenters. The van der Waals surface area contributed by atoms with Gasteiger partial charge in [-0.25, -0.2) is 0 Å². The summed E-state index contributed by atoms with van der Waals surface area (Å²) in [7, 11) is 1.65. The summed E-state index contributed by atoms with van der Waals surface area (Å²) in [5, 5.41) is 0. The van der Waals surface area contributed by atoms with Crippen molar-refractivity contribution in [3.63, 3.8) is 0 Å². The Bertz CT molecular complexity index is 321. The van der Waals surface area contributed by atoms with Crippen molar-refractivity contribution in [2.75, 3.05) is 7.11 Å². The van der Waals surface area contributed by atoms with Crippen LogP contribution in [0.15, 0.2) is 18.5 Å². The van der Waals surface area contributed by atoms with E-state index in [1.165, 1.54) is 25.7 Å². The van der Waals surface area contributed by atoms with E-state index < -0.39 is 0 Å². The summed E-state index contributed by atoms with van der Waals surface area (Å²) < 4.78 is 5.15. The van der Waals surface area contributed by atoms with E-state index in [9.17, 15) is 0 Å². The molecule has 1 aliphatic carbocycles. The van der Waals surface area contributed by atoms with E-state index in [1.54, 1.807) is 13.3 Å². The Hall–Kier alpha value is -1.09. The monoisotopic (exact) mass is 206 g/mol. The van der Waals surface area contributed by atoms with Gasteiger partial charge in [-0.1, -0.05) is 12.8 Å². The average Bonchev–Trinajstić information content (AvgIpc) is 2.81. The van der Waals surface area contributed by atoms with Crippen molar-refractivity contribution in [3.8, 4) is 5.75 Å². The fourth-order valence-electron chi connectivity index (χ4n) is 2.32. The highest BCUT2D eigenvalue weighted by Gasteiger charge is 2.23. The number of hydrogen-bond acceptors (Lipinski definition) is 3. The minimum absolute atomic E-state index is 0.120. The molecule has 2 rings (SSSR count). The predicted molar refractivity (Wildman–Crippen MR) is 59.7 cm³/mol. The van der Waals surface area contributed by atoms with Gasteiger partial charge in [-0.15, -0.1) is 0 Å². The van der Waals surface area contributed by atoms with E-state index in [0.717, 1.165) is 11.3 Å². The van der Waals surface area contributed by atoms with Crippen molar-refractivity contribution in [1.29, 1.82) is 0 Å². The van der Waals surface area contributed by atoms with E-state index in [0.29, 0.717) is 5.92 Å². The Morgan fingerprint density at radius 2 is 2.13 bits per heavy atom. The van der Waals surface area contributed by atoms with Crippen LogP contribution >= 0.6 is 0 Å². The normalized spacial score (nSPS) is 19.1. The van der Waals surface area contributed by atoms with Crippen LogP contribution in [0.2, 0.25) is 0 Å². The van der Waals surface area contributed by atoms with Gasteiger partial charge in [0.1, 0.15) is 5.75 Å². The molecule has 1 saturated carbocycles. The second kappa shape index (κ2) is 4.62. The SMILES string of the molecule is COc1cncc(C(N)C2CCCC2)c1. The number of aromatic nitrogens is 1. The maximum absolute atomic E-state index is 6.23. The van der Waals surface area contributed by atoms with Crippen LogP contribution in [0.4, 0.5) is 0 Å². The molecule has 3 heteroatoms. The molecule has 0 aromatic carbocycles. The minimum atomic E-state index is 0.120. The first kappa shape index (κ1) is 10.4. The molecule has 0 aliphatic heterocycles. The van der Waals surface area contributed by atoms with E-state index >= 15 is 0 Å². The molecule has 0 spiro atoms. The van der Waals surface area contributed by atoms with Crippen molar-refractivity contribution in [1.82, 2.24) is 4.98 Å². The molecule has 15 heavy (non-hydrogen) atoms. The predicted octanol–water partition coefficient (Wildman–Crippen LogP) is 2.28. The summed E-state index contributed by atoms with van der Waals surface area (Å²) in [5.41, 5.74) is 7.33. The lowest BCUT2D eigenvalue weighted by molar-refractivity contribution is 0.406. The number of nitrogens with two attached hydrogens (primary N) is 1. The van der Waals surface area contributed by atoms with Crippen molar-refractivity contribution < 1.29 is 4.74 Å². The second-order valence-electron chi connectivity index (χ2n) is 4.23. The zero-order valence-corrected chi connectivity index (χ0v) is 9.15. The lowest BCUT2D eigenvalue weighted by atomic mass is 9.93. The summed E-state index contributed by atoms with van der Waals surface area (Å²) in [6.07, 6.45) is 8.69. The zero-order valence-electron chi connectivity index (χ0n) is 9.15. The lowest BCUT2D eigenvalue weighted by Gasteiger charge is -2.19. The first-order valence-electron chi connectivity index (χ1n) is 5.56. The Morgan fingerprint density at radius 1 is 1.40 bits per heavy atom. The van der Waals surface area contributed by atoms with E-state index in [2.05, 4.69) is 4.98 Å². The summed E-state index contributed by atoms with van der Waals surface area (Å²) in [4.78, 5) is 4.14. The molecule has 0 amide bonds. The van der Waals surface area contributed by atoms with Gasteiger partial charge in [0.15, 0.2) is 0 Å². The Labute approximate surface area is 90.7 Å². The highest BCUT2D eigenvalue weighted by Crippen LogP contribution is 2.34. The molecule has 82 valence electrons. The third-order valence-corrected chi connectivity index (χ3v) is 3.26. The highest BCUT2D eigenvalue weighted by molar-refractivity contribution is 5.26. The molecule has 1 aromatic rings.